The smallest absolute Gasteiger partial charge is 0.138 e. The summed E-state index contributed by atoms with van der Waals surface area (Å²) in [6, 6.07) is 10.4. The van der Waals surface area contributed by atoms with Crippen molar-refractivity contribution in [2.75, 3.05) is 6.61 Å². The Balaban J connectivity index is 1.73. The van der Waals surface area contributed by atoms with E-state index in [1.54, 1.807) is 0 Å². The minimum atomic E-state index is 0.361. The van der Waals surface area contributed by atoms with Crippen LogP contribution in [-0.2, 0) is 9.78 Å². The van der Waals surface area contributed by atoms with Crippen LogP contribution in [0.15, 0.2) is 42.2 Å². The molecular weight excluding hydrogens is 212 g/mol. The first-order valence-corrected chi connectivity index (χ1v) is 6.39. The van der Waals surface area contributed by atoms with Gasteiger partial charge in [-0.25, -0.2) is 0 Å². The molecule has 1 unspecified atom stereocenters. The van der Waals surface area contributed by atoms with E-state index in [1.165, 1.54) is 18.4 Å². The molecule has 1 aromatic rings. The van der Waals surface area contributed by atoms with E-state index in [4.69, 9.17) is 9.78 Å². The van der Waals surface area contributed by atoms with E-state index in [9.17, 15) is 0 Å². The van der Waals surface area contributed by atoms with Crippen LogP contribution in [0.5, 0.6) is 0 Å². The molecule has 0 aliphatic heterocycles. The van der Waals surface area contributed by atoms with Crippen molar-refractivity contribution in [3.8, 4) is 0 Å². The summed E-state index contributed by atoms with van der Waals surface area (Å²) < 4.78 is 0. The third kappa shape index (κ3) is 3.90. The zero-order valence-electron chi connectivity index (χ0n) is 10.4. The highest BCUT2D eigenvalue weighted by atomic mass is 17.2. The number of allylic oxidation sites excluding steroid dienone is 2. The van der Waals surface area contributed by atoms with Crippen molar-refractivity contribution < 1.29 is 9.78 Å². The van der Waals surface area contributed by atoms with Crippen LogP contribution in [0.25, 0.3) is 0 Å². The van der Waals surface area contributed by atoms with Crippen LogP contribution in [0.4, 0.5) is 0 Å². The fourth-order valence-electron chi connectivity index (χ4n) is 1.97. The fraction of sp³-hybridized carbons (Fsp3) is 0.467. The van der Waals surface area contributed by atoms with Crippen molar-refractivity contribution in [3.63, 3.8) is 0 Å². The minimum absolute atomic E-state index is 0.361. The summed E-state index contributed by atoms with van der Waals surface area (Å²) in [5.74, 6) is 1.36. The Morgan fingerprint density at radius 1 is 1.18 bits per heavy atom. The van der Waals surface area contributed by atoms with E-state index in [0.29, 0.717) is 12.5 Å². The van der Waals surface area contributed by atoms with Crippen LogP contribution in [-0.4, -0.2) is 6.61 Å². The third-order valence-electron chi connectivity index (χ3n) is 3.10. The molecule has 1 atom stereocenters. The SMILES string of the molecule is CC(COOC1=CCCCC1)c1ccccc1. The molecule has 2 heteroatoms. The van der Waals surface area contributed by atoms with Gasteiger partial charge in [0.25, 0.3) is 0 Å². The highest BCUT2D eigenvalue weighted by Crippen LogP contribution is 2.20. The maximum absolute atomic E-state index is 5.34. The van der Waals surface area contributed by atoms with Crippen LogP contribution in [0.1, 0.15) is 44.1 Å². The van der Waals surface area contributed by atoms with Crippen LogP contribution in [0.2, 0.25) is 0 Å². The van der Waals surface area contributed by atoms with Gasteiger partial charge in [-0.1, -0.05) is 37.3 Å². The zero-order valence-corrected chi connectivity index (χ0v) is 10.4. The fourth-order valence-corrected chi connectivity index (χ4v) is 1.97. The Bertz CT molecular complexity index is 356. The van der Waals surface area contributed by atoms with Gasteiger partial charge >= 0.3 is 0 Å². The van der Waals surface area contributed by atoms with Crippen molar-refractivity contribution in [1.82, 2.24) is 0 Å². The van der Waals surface area contributed by atoms with Gasteiger partial charge in [0.15, 0.2) is 0 Å². The summed E-state index contributed by atoms with van der Waals surface area (Å²) in [6.45, 7) is 2.75. The number of benzene rings is 1. The lowest BCUT2D eigenvalue weighted by Gasteiger charge is -2.15. The lowest BCUT2D eigenvalue weighted by Crippen LogP contribution is -2.06. The van der Waals surface area contributed by atoms with E-state index in [-0.39, 0.29) is 0 Å². The van der Waals surface area contributed by atoms with Crippen LogP contribution >= 0.6 is 0 Å². The van der Waals surface area contributed by atoms with Crippen molar-refractivity contribution in [2.24, 2.45) is 0 Å². The standard InChI is InChI=1S/C15H20O2/c1-13(14-8-4-2-5-9-14)12-16-17-15-10-6-3-7-11-15/h2,4-5,8-10,13H,3,6-7,11-12H2,1H3. The van der Waals surface area contributed by atoms with Gasteiger partial charge in [0.1, 0.15) is 12.4 Å². The average molecular weight is 232 g/mol. The zero-order chi connectivity index (χ0) is 11.9. The van der Waals surface area contributed by atoms with Crippen molar-refractivity contribution >= 4 is 0 Å². The Hall–Kier alpha value is -1.28. The van der Waals surface area contributed by atoms with Crippen molar-refractivity contribution in [1.29, 1.82) is 0 Å². The maximum Gasteiger partial charge on any atom is 0.138 e. The van der Waals surface area contributed by atoms with E-state index in [0.717, 1.165) is 18.6 Å². The van der Waals surface area contributed by atoms with Crippen LogP contribution < -0.4 is 0 Å². The molecule has 0 amide bonds. The van der Waals surface area contributed by atoms with Gasteiger partial charge in [-0.3, -0.25) is 0 Å². The molecule has 2 nitrogen and oxygen atoms in total. The molecule has 17 heavy (non-hydrogen) atoms. The van der Waals surface area contributed by atoms with Gasteiger partial charge in [0, 0.05) is 12.3 Å². The van der Waals surface area contributed by atoms with E-state index >= 15 is 0 Å². The van der Waals surface area contributed by atoms with Gasteiger partial charge in [-0.2, -0.15) is 4.89 Å². The van der Waals surface area contributed by atoms with Crippen LogP contribution in [0.3, 0.4) is 0 Å². The first-order chi connectivity index (χ1) is 8.36. The topological polar surface area (TPSA) is 18.5 Å². The molecule has 0 bridgehead atoms. The summed E-state index contributed by atoms with van der Waals surface area (Å²) >= 11 is 0. The quantitative estimate of drug-likeness (QED) is 0.559. The summed E-state index contributed by atoms with van der Waals surface area (Å²) in [7, 11) is 0. The minimum Gasteiger partial charge on any atom is -0.342 e. The molecule has 0 saturated carbocycles. The van der Waals surface area contributed by atoms with Crippen LogP contribution in [0, 0.1) is 0 Å². The Kier molecular flexibility index (Phi) is 4.63. The molecule has 0 radical (unpaired) electrons. The number of hydrogen-bond donors (Lipinski definition) is 0. The first kappa shape index (κ1) is 12.2. The summed E-state index contributed by atoms with van der Waals surface area (Å²) in [5, 5.41) is 0. The van der Waals surface area contributed by atoms with Crippen molar-refractivity contribution in [3.05, 3.63) is 47.7 Å². The second-order valence-electron chi connectivity index (χ2n) is 4.60. The monoisotopic (exact) mass is 232 g/mol. The predicted octanol–water partition coefficient (Wildman–Crippen LogP) is 4.20. The molecule has 2 rings (SSSR count). The first-order valence-electron chi connectivity index (χ1n) is 6.39. The van der Waals surface area contributed by atoms with Gasteiger partial charge in [-0.05, 0) is 30.9 Å². The average Bonchev–Trinajstić information content (AvgIpc) is 2.41. The van der Waals surface area contributed by atoms with Gasteiger partial charge in [0.05, 0.1) is 0 Å². The molecular formula is C15H20O2. The second-order valence-corrected chi connectivity index (χ2v) is 4.60. The number of rotatable bonds is 5. The van der Waals surface area contributed by atoms with Gasteiger partial charge in [0.2, 0.25) is 0 Å². The largest absolute Gasteiger partial charge is 0.342 e. The molecule has 0 spiro atoms. The molecule has 1 aliphatic rings. The maximum atomic E-state index is 5.34. The third-order valence-corrected chi connectivity index (χ3v) is 3.10. The highest BCUT2D eigenvalue weighted by Gasteiger charge is 2.08. The molecule has 92 valence electrons. The molecule has 0 fully saturated rings. The molecule has 0 heterocycles. The molecule has 1 aliphatic carbocycles. The molecule has 0 N–H and O–H groups in total. The summed E-state index contributed by atoms with van der Waals surface area (Å²) in [4.78, 5) is 10.7. The number of hydrogen-bond acceptors (Lipinski definition) is 2. The van der Waals surface area contributed by atoms with E-state index < -0.39 is 0 Å². The summed E-state index contributed by atoms with van der Waals surface area (Å²) in [5.41, 5.74) is 1.29. The Morgan fingerprint density at radius 2 is 2.00 bits per heavy atom. The van der Waals surface area contributed by atoms with Crippen molar-refractivity contribution in [2.45, 2.75) is 38.5 Å². The van der Waals surface area contributed by atoms with E-state index in [2.05, 4.69) is 37.3 Å². The molecule has 1 aromatic carbocycles. The lowest BCUT2D eigenvalue weighted by atomic mass is 10.0. The Labute approximate surface area is 103 Å². The lowest BCUT2D eigenvalue weighted by molar-refractivity contribution is -0.267. The molecule has 0 saturated heterocycles. The molecule has 0 aromatic heterocycles. The van der Waals surface area contributed by atoms with Gasteiger partial charge in [-0.15, -0.1) is 0 Å². The van der Waals surface area contributed by atoms with E-state index in [1.807, 2.05) is 6.07 Å². The highest BCUT2D eigenvalue weighted by molar-refractivity contribution is 5.18. The second kappa shape index (κ2) is 6.45. The Morgan fingerprint density at radius 3 is 2.71 bits per heavy atom. The van der Waals surface area contributed by atoms with Gasteiger partial charge < -0.3 is 4.89 Å². The normalized spacial score (nSPS) is 17.4. The predicted molar refractivity (Wildman–Crippen MR) is 68.4 cm³/mol. The summed E-state index contributed by atoms with van der Waals surface area (Å²) in [6.07, 6.45) is 6.75.